The minimum Gasteiger partial charge on any atom is -0.395 e. The zero-order chi connectivity index (χ0) is 11.1. The summed E-state index contributed by atoms with van der Waals surface area (Å²) < 4.78 is 0. The lowest BCUT2D eigenvalue weighted by atomic mass is 9.71. The Morgan fingerprint density at radius 2 is 2.07 bits per heavy atom. The van der Waals surface area contributed by atoms with Gasteiger partial charge >= 0.3 is 0 Å². The van der Waals surface area contributed by atoms with Gasteiger partial charge in [0, 0.05) is 6.42 Å². The molecule has 0 bridgehead atoms. The molecule has 1 nitrogen and oxygen atoms in total. The minimum absolute atomic E-state index is 0.110. The topological polar surface area (TPSA) is 20.2 Å². The summed E-state index contributed by atoms with van der Waals surface area (Å²) in [5.74, 6) is 5.93. The van der Waals surface area contributed by atoms with Crippen LogP contribution in [0.25, 0.3) is 0 Å². The number of hydrogen-bond acceptors (Lipinski definition) is 1. The van der Waals surface area contributed by atoms with Gasteiger partial charge in [-0.1, -0.05) is 25.2 Å². The van der Waals surface area contributed by atoms with E-state index in [1.165, 1.54) is 12.8 Å². The first-order valence-electron chi connectivity index (χ1n) is 5.81. The molecule has 1 rings (SSSR count). The summed E-state index contributed by atoms with van der Waals surface area (Å²) >= 11 is 0. The molecule has 1 N–H and O–H groups in total. The third kappa shape index (κ3) is 2.77. The normalized spacial score (nSPS) is 31.3. The minimum atomic E-state index is -0.298. The molecule has 0 saturated heterocycles. The first-order valence-corrected chi connectivity index (χ1v) is 5.81. The Bertz CT molecular complexity index is 268. The maximum atomic E-state index is 9.54. The van der Waals surface area contributed by atoms with Crippen molar-refractivity contribution < 1.29 is 5.11 Å². The number of rotatable bonds is 3. The molecule has 1 saturated carbocycles. The number of terminal acetylenes is 2. The van der Waals surface area contributed by atoms with E-state index in [0.717, 1.165) is 32.1 Å². The van der Waals surface area contributed by atoms with Crippen LogP contribution in [0.2, 0.25) is 0 Å². The van der Waals surface area contributed by atoms with Crippen LogP contribution in [0.4, 0.5) is 0 Å². The summed E-state index contributed by atoms with van der Waals surface area (Å²) in [6.45, 7) is 0.110. The highest BCUT2D eigenvalue weighted by Gasteiger charge is 2.36. The number of aliphatic hydroxyl groups is 1. The van der Waals surface area contributed by atoms with Crippen molar-refractivity contribution in [3.8, 4) is 24.7 Å². The molecule has 0 radical (unpaired) electrons. The van der Waals surface area contributed by atoms with Gasteiger partial charge in [-0.15, -0.1) is 18.8 Å². The summed E-state index contributed by atoms with van der Waals surface area (Å²) in [6.07, 6.45) is 18.3. The molecule has 0 aromatic rings. The monoisotopic (exact) mass is 204 g/mol. The first-order chi connectivity index (χ1) is 7.29. The van der Waals surface area contributed by atoms with Crippen molar-refractivity contribution in [1.82, 2.24) is 0 Å². The molecular formula is C14H20O. The fraction of sp³-hybridized carbons (Fsp3) is 0.714. The van der Waals surface area contributed by atoms with Crippen molar-refractivity contribution in [2.45, 2.75) is 44.9 Å². The molecule has 1 aliphatic carbocycles. The molecule has 0 amide bonds. The average molecular weight is 204 g/mol. The van der Waals surface area contributed by atoms with Crippen LogP contribution >= 0.6 is 0 Å². The largest absolute Gasteiger partial charge is 0.395 e. The van der Waals surface area contributed by atoms with Crippen LogP contribution in [-0.4, -0.2) is 11.7 Å². The van der Waals surface area contributed by atoms with Crippen molar-refractivity contribution >= 4 is 0 Å². The number of hydrogen-bond donors (Lipinski definition) is 1. The lowest BCUT2D eigenvalue weighted by Gasteiger charge is -2.33. The molecule has 0 aromatic carbocycles. The van der Waals surface area contributed by atoms with Gasteiger partial charge in [0.1, 0.15) is 0 Å². The predicted molar refractivity (Wildman–Crippen MR) is 63.0 cm³/mol. The van der Waals surface area contributed by atoms with Gasteiger partial charge in [0.25, 0.3) is 0 Å². The Hall–Kier alpha value is -0.920. The molecule has 1 aliphatic rings. The van der Waals surface area contributed by atoms with E-state index in [4.69, 9.17) is 12.8 Å². The van der Waals surface area contributed by atoms with Gasteiger partial charge < -0.3 is 5.11 Å². The van der Waals surface area contributed by atoms with Gasteiger partial charge in [0.2, 0.25) is 0 Å². The molecule has 15 heavy (non-hydrogen) atoms. The maximum absolute atomic E-state index is 9.54. The second-order valence-electron chi connectivity index (χ2n) is 4.50. The van der Waals surface area contributed by atoms with Gasteiger partial charge in [-0.05, 0) is 25.2 Å². The van der Waals surface area contributed by atoms with E-state index in [9.17, 15) is 5.11 Å². The van der Waals surface area contributed by atoms with E-state index in [2.05, 4.69) is 11.8 Å². The zero-order valence-electron chi connectivity index (χ0n) is 9.34. The molecule has 0 unspecified atom stereocenters. The lowest BCUT2D eigenvalue weighted by molar-refractivity contribution is 0.103. The van der Waals surface area contributed by atoms with Gasteiger partial charge in [0.15, 0.2) is 0 Å². The fourth-order valence-corrected chi connectivity index (χ4v) is 2.61. The lowest BCUT2D eigenvalue weighted by Crippen LogP contribution is -2.32. The maximum Gasteiger partial charge on any atom is 0.0599 e. The summed E-state index contributed by atoms with van der Waals surface area (Å²) in [5.41, 5.74) is -0.298. The SMILES string of the molecule is C#CCC[C@H]1CCCCC[C@]1(C#C)CO. The van der Waals surface area contributed by atoms with E-state index in [-0.39, 0.29) is 12.0 Å². The van der Waals surface area contributed by atoms with Crippen LogP contribution in [-0.2, 0) is 0 Å². The molecular weight excluding hydrogens is 184 g/mol. The van der Waals surface area contributed by atoms with Crippen LogP contribution in [0.3, 0.4) is 0 Å². The van der Waals surface area contributed by atoms with Crippen molar-refractivity contribution in [2.24, 2.45) is 11.3 Å². The number of aliphatic hydroxyl groups excluding tert-OH is 1. The standard InChI is InChI=1S/C14H20O/c1-3-5-9-13-10-7-6-8-11-14(13,4-2)12-15/h1-2,13,15H,5-12H2/t13-,14+/m0/s1. The van der Waals surface area contributed by atoms with Gasteiger partial charge in [-0.25, -0.2) is 0 Å². The van der Waals surface area contributed by atoms with Crippen LogP contribution < -0.4 is 0 Å². The van der Waals surface area contributed by atoms with Crippen LogP contribution in [0.5, 0.6) is 0 Å². The van der Waals surface area contributed by atoms with Gasteiger partial charge in [0.05, 0.1) is 12.0 Å². The highest BCUT2D eigenvalue weighted by atomic mass is 16.3. The Balaban J connectivity index is 2.76. The Morgan fingerprint density at radius 3 is 2.67 bits per heavy atom. The first kappa shape index (κ1) is 12.2. The molecule has 82 valence electrons. The van der Waals surface area contributed by atoms with Gasteiger partial charge in [-0.3, -0.25) is 0 Å². The molecule has 0 heterocycles. The molecule has 2 atom stereocenters. The van der Waals surface area contributed by atoms with Crippen molar-refractivity contribution in [3.63, 3.8) is 0 Å². The summed E-state index contributed by atoms with van der Waals surface area (Å²) in [6, 6.07) is 0. The summed E-state index contributed by atoms with van der Waals surface area (Å²) in [7, 11) is 0. The molecule has 0 spiro atoms. The predicted octanol–water partition coefficient (Wildman–Crippen LogP) is 2.59. The smallest absolute Gasteiger partial charge is 0.0599 e. The summed E-state index contributed by atoms with van der Waals surface area (Å²) in [4.78, 5) is 0. The Labute approximate surface area is 93.3 Å². The fourth-order valence-electron chi connectivity index (χ4n) is 2.61. The quantitative estimate of drug-likeness (QED) is 0.553. The van der Waals surface area contributed by atoms with Crippen molar-refractivity contribution in [2.75, 3.05) is 6.61 Å². The second kappa shape index (κ2) is 5.84. The van der Waals surface area contributed by atoms with E-state index in [1.807, 2.05) is 0 Å². The van der Waals surface area contributed by atoms with E-state index in [1.54, 1.807) is 0 Å². The molecule has 1 fully saturated rings. The van der Waals surface area contributed by atoms with Crippen LogP contribution in [0, 0.1) is 36.0 Å². The highest BCUT2D eigenvalue weighted by molar-refractivity contribution is 5.10. The van der Waals surface area contributed by atoms with Crippen molar-refractivity contribution in [1.29, 1.82) is 0 Å². The third-order valence-corrected chi connectivity index (χ3v) is 3.66. The van der Waals surface area contributed by atoms with E-state index < -0.39 is 0 Å². The van der Waals surface area contributed by atoms with Crippen LogP contribution in [0.1, 0.15) is 44.9 Å². The zero-order valence-corrected chi connectivity index (χ0v) is 9.34. The Morgan fingerprint density at radius 1 is 1.27 bits per heavy atom. The third-order valence-electron chi connectivity index (χ3n) is 3.66. The van der Waals surface area contributed by atoms with E-state index in [0.29, 0.717) is 5.92 Å². The molecule has 1 heteroatoms. The van der Waals surface area contributed by atoms with Crippen LogP contribution in [0.15, 0.2) is 0 Å². The average Bonchev–Trinajstić information content (AvgIpc) is 2.48. The molecule has 0 aromatic heterocycles. The van der Waals surface area contributed by atoms with Gasteiger partial charge in [-0.2, -0.15) is 0 Å². The summed E-state index contributed by atoms with van der Waals surface area (Å²) in [5, 5.41) is 9.54. The molecule has 0 aliphatic heterocycles. The van der Waals surface area contributed by atoms with E-state index >= 15 is 0 Å². The second-order valence-corrected chi connectivity index (χ2v) is 4.50. The highest BCUT2D eigenvalue weighted by Crippen LogP contribution is 2.41. The Kier molecular flexibility index (Phi) is 4.73. The van der Waals surface area contributed by atoms with Crippen molar-refractivity contribution in [3.05, 3.63) is 0 Å².